The molecule has 1 fully saturated rings. The van der Waals surface area contributed by atoms with E-state index in [0.29, 0.717) is 0 Å². The Balaban J connectivity index is 2.23. The van der Waals surface area contributed by atoms with Crippen molar-refractivity contribution in [3.63, 3.8) is 0 Å². The zero-order valence-electron chi connectivity index (χ0n) is 15.3. The summed E-state index contributed by atoms with van der Waals surface area (Å²) < 4.78 is 10.4. The van der Waals surface area contributed by atoms with Crippen LogP contribution in [0.15, 0.2) is 12.1 Å². The van der Waals surface area contributed by atoms with Crippen LogP contribution in [0.3, 0.4) is 0 Å². The van der Waals surface area contributed by atoms with E-state index in [4.69, 9.17) is 9.47 Å². The average molecular weight is 347 g/mol. The van der Waals surface area contributed by atoms with Crippen molar-refractivity contribution in [2.75, 3.05) is 14.2 Å². The van der Waals surface area contributed by atoms with Crippen molar-refractivity contribution in [3.8, 4) is 5.75 Å². The molecule has 1 aromatic rings. The van der Waals surface area contributed by atoms with E-state index in [1.54, 1.807) is 6.07 Å². The summed E-state index contributed by atoms with van der Waals surface area (Å²) in [6.45, 7) is 4.03. The number of fused-ring (bicyclic) bond motifs is 3. The summed E-state index contributed by atoms with van der Waals surface area (Å²) in [5, 5.41) is 11.9. The molecular formula is C19H25NO5. The molecule has 2 aliphatic rings. The first kappa shape index (κ1) is 17.7. The summed E-state index contributed by atoms with van der Waals surface area (Å²) in [6, 6.07) is 3.62. The van der Waals surface area contributed by atoms with Crippen molar-refractivity contribution in [1.29, 1.82) is 0 Å². The van der Waals surface area contributed by atoms with Crippen LogP contribution in [0.25, 0.3) is 0 Å². The molecule has 1 aromatic carbocycles. The summed E-state index contributed by atoms with van der Waals surface area (Å²) in [6.07, 6.45) is 3.98. The van der Waals surface area contributed by atoms with Crippen LogP contribution in [0.4, 0.5) is 5.69 Å². The summed E-state index contributed by atoms with van der Waals surface area (Å²) in [5.41, 5.74) is 0.756. The number of carbonyl (C=O) groups is 1. The number of ether oxygens (including phenoxy) is 2. The Labute approximate surface area is 147 Å². The Hall–Kier alpha value is -2.11. The van der Waals surface area contributed by atoms with Crippen molar-refractivity contribution in [1.82, 2.24) is 0 Å². The molecule has 0 unspecified atom stereocenters. The number of aryl methyl sites for hydroxylation is 1. The molecule has 0 spiro atoms. The van der Waals surface area contributed by atoms with E-state index in [1.807, 2.05) is 13.0 Å². The van der Waals surface area contributed by atoms with E-state index in [9.17, 15) is 14.9 Å². The van der Waals surface area contributed by atoms with Crippen LogP contribution in [0.5, 0.6) is 5.75 Å². The molecule has 3 atom stereocenters. The minimum absolute atomic E-state index is 0.0134. The molecule has 0 radical (unpaired) electrons. The van der Waals surface area contributed by atoms with Crippen molar-refractivity contribution in [2.45, 2.75) is 51.4 Å². The van der Waals surface area contributed by atoms with Crippen molar-refractivity contribution >= 4 is 11.7 Å². The van der Waals surface area contributed by atoms with Gasteiger partial charge < -0.3 is 9.47 Å². The molecule has 1 saturated carbocycles. The SMILES string of the molecule is COC(=O)[C@@]1(C)CCC[C@]2(C)c3c(ccc(OC)c3[N+](=O)[O-])CC[C@@H]12. The molecule has 0 bridgehead atoms. The first-order valence-corrected chi connectivity index (χ1v) is 8.72. The van der Waals surface area contributed by atoms with Gasteiger partial charge in [0.25, 0.3) is 0 Å². The van der Waals surface area contributed by atoms with Gasteiger partial charge in [-0.05, 0) is 50.2 Å². The first-order valence-electron chi connectivity index (χ1n) is 8.72. The molecule has 136 valence electrons. The Bertz CT molecular complexity index is 731. The second-order valence-electron chi connectivity index (χ2n) is 7.68. The van der Waals surface area contributed by atoms with Gasteiger partial charge in [0.05, 0.1) is 24.6 Å². The number of benzene rings is 1. The lowest BCUT2D eigenvalue weighted by atomic mass is 9.49. The zero-order chi connectivity index (χ0) is 18.4. The molecule has 0 aromatic heterocycles. The fraction of sp³-hybridized carbons (Fsp3) is 0.632. The van der Waals surface area contributed by atoms with E-state index in [0.717, 1.165) is 43.2 Å². The number of nitro benzene ring substituents is 1. The Kier molecular flexibility index (Phi) is 4.25. The Morgan fingerprint density at radius 2 is 2.00 bits per heavy atom. The molecule has 0 heterocycles. The van der Waals surface area contributed by atoms with Crippen LogP contribution in [-0.4, -0.2) is 25.1 Å². The third kappa shape index (κ3) is 2.41. The van der Waals surface area contributed by atoms with Crippen molar-refractivity contribution in [2.24, 2.45) is 11.3 Å². The number of nitrogens with zero attached hydrogens (tertiary/aromatic N) is 1. The van der Waals surface area contributed by atoms with Crippen LogP contribution >= 0.6 is 0 Å². The van der Waals surface area contributed by atoms with E-state index in [1.165, 1.54) is 14.2 Å². The largest absolute Gasteiger partial charge is 0.490 e. The molecule has 6 heteroatoms. The molecule has 0 N–H and O–H groups in total. The quantitative estimate of drug-likeness (QED) is 0.472. The molecule has 25 heavy (non-hydrogen) atoms. The molecular weight excluding hydrogens is 322 g/mol. The zero-order valence-corrected chi connectivity index (χ0v) is 15.3. The van der Waals surface area contributed by atoms with Crippen molar-refractivity contribution in [3.05, 3.63) is 33.4 Å². The maximum atomic E-state index is 12.6. The maximum Gasteiger partial charge on any atom is 0.314 e. The lowest BCUT2D eigenvalue weighted by molar-refractivity contribution is -0.387. The van der Waals surface area contributed by atoms with Gasteiger partial charge in [-0.15, -0.1) is 0 Å². The number of esters is 1. The summed E-state index contributed by atoms with van der Waals surface area (Å²) in [7, 11) is 2.87. The molecule has 3 rings (SSSR count). The van der Waals surface area contributed by atoms with Gasteiger partial charge in [0.1, 0.15) is 0 Å². The number of rotatable bonds is 3. The van der Waals surface area contributed by atoms with Gasteiger partial charge in [-0.1, -0.05) is 19.4 Å². The van der Waals surface area contributed by atoms with E-state index < -0.39 is 10.8 Å². The van der Waals surface area contributed by atoms with Crippen LogP contribution in [0.1, 0.15) is 50.7 Å². The monoisotopic (exact) mass is 347 g/mol. The molecule has 0 amide bonds. The highest BCUT2D eigenvalue weighted by atomic mass is 16.6. The standard InChI is InChI=1S/C19H25NO5/c1-18-10-5-11-19(2,17(21)25-4)14(18)9-7-12-6-8-13(24-3)16(15(12)18)20(22)23/h6,8,14H,5,7,9-11H2,1-4H3/t14-,18+,19+/m1/s1. The Morgan fingerprint density at radius 1 is 1.28 bits per heavy atom. The third-order valence-electron chi connectivity index (χ3n) is 6.49. The highest BCUT2D eigenvalue weighted by Gasteiger charge is 2.57. The normalized spacial score (nSPS) is 30.8. The predicted octanol–water partition coefficient (Wildman–Crippen LogP) is 3.79. The van der Waals surface area contributed by atoms with Crippen LogP contribution in [0.2, 0.25) is 0 Å². The summed E-state index contributed by atoms with van der Waals surface area (Å²) in [5.74, 6) is 0.0906. The molecule has 2 aliphatic carbocycles. The summed E-state index contributed by atoms with van der Waals surface area (Å²) in [4.78, 5) is 24.1. The van der Waals surface area contributed by atoms with E-state index in [2.05, 4.69) is 6.92 Å². The predicted molar refractivity (Wildman–Crippen MR) is 92.8 cm³/mol. The molecule has 0 saturated heterocycles. The highest BCUT2D eigenvalue weighted by Crippen LogP contribution is 2.60. The number of carbonyl (C=O) groups excluding carboxylic acids is 1. The fourth-order valence-corrected chi connectivity index (χ4v) is 5.39. The van der Waals surface area contributed by atoms with Gasteiger partial charge in [0.2, 0.25) is 0 Å². The Morgan fingerprint density at radius 3 is 2.60 bits per heavy atom. The van der Waals surface area contributed by atoms with Gasteiger partial charge in [0.15, 0.2) is 5.75 Å². The topological polar surface area (TPSA) is 78.7 Å². The average Bonchev–Trinajstić information content (AvgIpc) is 2.59. The van der Waals surface area contributed by atoms with Gasteiger partial charge in [-0.3, -0.25) is 14.9 Å². The number of methoxy groups -OCH3 is 2. The minimum Gasteiger partial charge on any atom is -0.490 e. The second-order valence-corrected chi connectivity index (χ2v) is 7.68. The fourth-order valence-electron chi connectivity index (χ4n) is 5.39. The number of hydrogen-bond acceptors (Lipinski definition) is 5. The van der Waals surface area contributed by atoms with Gasteiger partial charge >= 0.3 is 11.7 Å². The first-order chi connectivity index (χ1) is 11.8. The second kappa shape index (κ2) is 6.00. The van der Waals surface area contributed by atoms with Crippen molar-refractivity contribution < 1.29 is 19.2 Å². The van der Waals surface area contributed by atoms with Gasteiger partial charge in [-0.25, -0.2) is 0 Å². The van der Waals surface area contributed by atoms with E-state index >= 15 is 0 Å². The summed E-state index contributed by atoms with van der Waals surface area (Å²) >= 11 is 0. The maximum absolute atomic E-state index is 12.6. The van der Waals surface area contributed by atoms with E-state index in [-0.39, 0.29) is 28.2 Å². The van der Waals surface area contributed by atoms with Gasteiger partial charge in [-0.2, -0.15) is 0 Å². The number of hydrogen-bond donors (Lipinski definition) is 0. The number of nitro groups is 1. The lowest BCUT2D eigenvalue weighted by Crippen LogP contribution is -2.52. The molecule has 0 aliphatic heterocycles. The molecule has 6 nitrogen and oxygen atoms in total. The van der Waals surface area contributed by atoms with Gasteiger partial charge in [0, 0.05) is 11.0 Å². The lowest BCUT2D eigenvalue weighted by Gasteiger charge is -2.53. The third-order valence-corrected chi connectivity index (χ3v) is 6.49. The van der Waals surface area contributed by atoms with Crippen LogP contribution in [0, 0.1) is 21.4 Å². The highest BCUT2D eigenvalue weighted by molar-refractivity contribution is 5.78. The minimum atomic E-state index is -0.615. The smallest absolute Gasteiger partial charge is 0.314 e. The van der Waals surface area contributed by atoms with Crippen LogP contribution in [-0.2, 0) is 21.4 Å². The van der Waals surface area contributed by atoms with Crippen LogP contribution < -0.4 is 4.74 Å².